The minimum absolute atomic E-state index is 0.0744. The highest BCUT2D eigenvalue weighted by atomic mass is 32.1. The Morgan fingerprint density at radius 3 is 2.56 bits per heavy atom. The highest BCUT2D eigenvalue weighted by molar-refractivity contribution is 7.15. The molecule has 0 unspecified atom stereocenters. The molecule has 0 radical (unpaired) electrons. The third-order valence-corrected chi connectivity index (χ3v) is 5.89. The minimum atomic E-state index is -0.334. The monoisotopic (exact) mass is 446 g/mol. The fourth-order valence-electron chi connectivity index (χ4n) is 3.29. The molecule has 0 aliphatic heterocycles. The van der Waals surface area contributed by atoms with Gasteiger partial charge >= 0.3 is 0 Å². The summed E-state index contributed by atoms with van der Waals surface area (Å²) in [5, 5.41) is 7.71. The Kier molecular flexibility index (Phi) is 5.28. The van der Waals surface area contributed by atoms with Crippen molar-refractivity contribution in [3.05, 3.63) is 83.1 Å². The third-order valence-electron chi connectivity index (χ3n) is 5.13. The van der Waals surface area contributed by atoms with Gasteiger partial charge in [0.05, 0.1) is 0 Å². The Hall–Kier alpha value is -3.78. The quantitative estimate of drug-likeness (QED) is 0.420. The smallest absolute Gasteiger partial charge is 0.251 e. The standard InChI is InChI=1S/C24H19FN4O2S/c25-18-8-6-16(7-9-18)21-22(29-13-14-32-24(29)28-21)27-20(30)12-3-15-1-4-17(5-2-15)23(31)26-19-10-11-19/h1-9,12-14,19H,10-11H2,(H,26,31)(H,27,30)/b12-3+. The van der Waals surface area contributed by atoms with Crippen LogP contribution in [0, 0.1) is 5.82 Å². The van der Waals surface area contributed by atoms with Crippen molar-refractivity contribution in [3.8, 4) is 11.3 Å². The predicted molar refractivity (Wildman–Crippen MR) is 123 cm³/mol. The third kappa shape index (κ3) is 4.31. The first-order valence-corrected chi connectivity index (χ1v) is 11.1. The number of benzene rings is 2. The molecule has 2 amide bonds. The average molecular weight is 447 g/mol. The molecule has 1 aliphatic carbocycles. The second-order valence-corrected chi connectivity index (χ2v) is 8.44. The Morgan fingerprint density at radius 2 is 1.84 bits per heavy atom. The number of amides is 2. The van der Waals surface area contributed by atoms with E-state index in [4.69, 9.17) is 0 Å². The van der Waals surface area contributed by atoms with Crippen LogP contribution in [-0.2, 0) is 4.79 Å². The lowest BCUT2D eigenvalue weighted by molar-refractivity contribution is -0.111. The van der Waals surface area contributed by atoms with Crippen molar-refractivity contribution in [1.29, 1.82) is 0 Å². The van der Waals surface area contributed by atoms with E-state index in [0.29, 0.717) is 28.7 Å². The van der Waals surface area contributed by atoms with E-state index >= 15 is 0 Å². The molecule has 2 heterocycles. The Labute approximate surface area is 187 Å². The van der Waals surface area contributed by atoms with Gasteiger partial charge in [-0.1, -0.05) is 12.1 Å². The number of carbonyl (C=O) groups excluding carboxylic acids is 2. The van der Waals surface area contributed by atoms with Crippen LogP contribution >= 0.6 is 11.3 Å². The minimum Gasteiger partial charge on any atom is -0.349 e. The van der Waals surface area contributed by atoms with Crippen molar-refractivity contribution in [2.24, 2.45) is 0 Å². The van der Waals surface area contributed by atoms with E-state index in [9.17, 15) is 14.0 Å². The second-order valence-electron chi connectivity index (χ2n) is 7.56. The molecule has 1 saturated carbocycles. The Morgan fingerprint density at radius 1 is 1.09 bits per heavy atom. The summed E-state index contributed by atoms with van der Waals surface area (Å²) in [6.45, 7) is 0. The highest BCUT2D eigenvalue weighted by Crippen LogP contribution is 2.31. The van der Waals surface area contributed by atoms with Crippen molar-refractivity contribution >= 4 is 40.0 Å². The molecular formula is C24H19FN4O2S. The van der Waals surface area contributed by atoms with E-state index in [-0.39, 0.29) is 17.6 Å². The van der Waals surface area contributed by atoms with Crippen LogP contribution < -0.4 is 10.6 Å². The van der Waals surface area contributed by atoms with Crippen LogP contribution in [0.2, 0.25) is 0 Å². The molecule has 1 aliphatic rings. The van der Waals surface area contributed by atoms with E-state index in [0.717, 1.165) is 23.4 Å². The number of imidazole rings is 1. The molecule has 32 heavy (non-hydrogen) atoms. The summed E-state index contributed by atoms with van der Waals surface area (Å²) in [4.78, 5) is 30.0. The number of nitrogens with zero attached hydrogens (tertiary/aromatic N) is 2. The van der Waals surface area contributed by atoms with Crippen molar-refractivity contribution in [2.75, 3.05) is 5.32 Å². The number of rotatable bonds is 6. The molecule has 4 aromatic rings. The fourth-order valence-corrected chi connectivity index (χ4v) is 4.00. The topological polar surface area (TPSA) is 75.5 Å². The van der Waals surface area contributed by atoms with E-state index in [1.807, 2.05) is 11.6 Å². The molecule has 6 nitrogen and oxygen atoms in total. The van der Waals surface area contributed by atoms with Gasteiger partial charge < -0.3 is 10.6 Å². The summed E-state index contributed by atoms with van der Waals surface area (Å²) < 4.78 is 15.1. The van der Waals surface area contributed by atoms with Crippen LogP contribution in [0.4, 0.5) is 10.2 Å². The van der Waals surface area contributed by atoms with Crippen LogP contribution in [-0.4, -0.2) is 27.2 Å². The molecule has 2 N–H and O–H groups in total. The number of carbonyl (C=O) groups is 2. The number of anilines is 1. The molecule has 1 fully saturated rings. The molecule has 8 heteroatoms. The van der Waals surface area contributed by atoms with E-state index in [1.165, 1.54) is 29.5 Å². The molecule has 0 atom stereocenters. The average Bonchev–Trinajstić information content (AvgIpc) is 3.38. The van der Waals surface area contributed by atoms with Gasteiger partial charge in [0.1, 0.15) is 17.3 Å². The SMILES string of the molecule is O=C(/C=C/c1ccc(C(=O)NC2CC2)cc1)Nc1c(-c2ccc(F)cc2)nc2sccn12. The number of hydrogen-bond acceptors (Lipinski definition) is 4. The van der Waals surface area contributed by atoms with E-state index in [2.05, 4.69) is 15.6 Å². The predicted octanol–water partition coefficient (Wildman–Crippen LogP) is 4.75. The van der Waals surface area contributed by atoms with Gasteiger partial charge in [0.25, 0.3) is 5.91 Å². The number of hydrogen-bond donors (Lipinski definition) is 2. The van der Waals surface area contributed by atoms with Gasteiger partial charge in [0.2, 0.25) is 5.91 Å². The van der Waals surface area contributed by atoms with Gasteiger partial charge in [-0.05, 0) is 60.9 Å². The molecule has 5 rings (SSSR count). The van der Waals surface area contributed by atoms with Gasteiger partial charge in [-0.2, -0.15) is 0 Å². The van der Waals surface area contributed by atoms with Gasteiger partial charge in [-0.25, -0.2) is 9.37 Å². The summed E-state index contributed by atoms with van der Waals surface area (Å²) in [5.74, 6) is -0.208. The maximum Gasteiger partial charge on any atom is 0.251 e. The van der Waals surface area contributed by atoms with Gasteiger partial charge in [-0.15, -0.1) is 11.3 Å². The number of fused-ring (bicyclic) bond motifs is 1. The Balaban J connectivity index is 1.32. The van der Waals surface area contributed by atoms with Crippen molar-refractivity contribution in [2.45, 2.75) is 18.9 Å². The lowest BCUT2D eigenvalue weighted by atomic mass is 10.1. The van der Waals surface area contributed by atoms with Crippen LogP contribution in [0.5, 0.6) is 0 Å². The zero-order chi connectivity index (χ0) is 22.1. The zero-order valence-corrected chi connectivity index (χ0v) is 17.7. The second kappa shape index (κ2) is 8.39. The van der Waals surface area contributed by atoms with Gasteiger partial charge in [-0.3, -0.25) is 14.0 Å². The summed E-state index contributed by atoms with van der Waals surface area (Å²) in [6.07, 6.45) is 7.02. The maximum atomic E-state index is 13.3. The van der Waals surface area contributed by atoms with Crippen molar-refractivity contribution in [1.82, 2.24) is 14.7 Å². The van der Waals surface area contributed by atoms with Gasteiger partial charge in [0.15, 0.2) is 4.96 Å². The van der Waals surface area contributed by atoms with Gasteiger partial charge in [0, 0.05) is 34.8 Å². The fraction of sp³-hybridized carbons (Fsp3) is 0.125. The van der Waals surface area contributed by atoms with Crippen molar-refractivity contribution < 1.29 is 14.0 Å². The molecule has 0 saturated heterocycles. The molecular weight excluding hydrogens is 427 g/mol. The zero-order valence-electron chi connectivity index (χ0n) is 16.9. The number of nitrogens with one attached hydrogen (secondary N) is 2. The summed E-state index contributed by atoms with van der Waals surface area (Å²) in [7, 11) is 0. The molecule has 160 valence electrons. The number of halogens is 1. The summed E-state index contributed by atoms with van der Waals surface area (Å²) in [6, 6.07) is 13.4. The van der Waals surface area contributed by atoms with E-state index < -0.39 is 0 Å². The summed E-state index contributed by atoms with van der Waals surface area (Å²) >= 11 is 1.44. The lowest BCUT2D eigenvalue weighted by Gasteiger charge is -2.05. The molecule has 2 aromatic carbocycles. The van der Waals surface area contributed by atoms with Crippen LogP contribution in [0.1, 0.15) is 28.8 Å². The lowest BCUT2D eigenvalue weighted by Crippen LogP contribution is -2.25. The highest BCUT2D eigenvalue weighted by Gasteiger charge is 2.23. The first kappa shape index (κ1) is 20.1. The Bertz CT molecular complexity index is 1320. The van der Waals surface area contributed by atoms with Crippen LogP contribution in [0.25, 0.3) is 22.3 Å². The largest absolute Gasteiger partial charge is 0.349 e. The first-order chi connectivity index (χ1) is 15.6. The molecule has 0 spiro atoms. The van der Waals surface area contributed by atoms with Crippen LogP contribution in [0.15, 0.2) is 66.2 Å². The maximum absolute atomic E-state index is 13.3. The molecule has 0 bridgehead atoms. The first-order valence-electron chi connectivity index (χ1n) is 10.2. The van der Waals surface area contributed by atoms with Crippen LogP contribution in [0.3, 0.4) is 0 Å². The normalized spacial score (nSPS) is 13.5. The number of aromatic nitrogens is 2. The van der Waals surface area contributed by atoms with E-state index in [1.54, 1.807) is 46.9 Å². The van der Waals surface area contributed by atoms with Crippen molar-refractivity contribution in [3.63, 3.8) is 0 Å². The number of thiazole rings is 1. The molecule has 2 aromatic heterocycles. The summed E-state index contributed by atoms with van der Waals surface area (Å²) in [5.41, 5.74) is 2.68.